The molecule has 0 unspecified atom stereocenters. The van der Waals surface area contributed by atoms with Crippen molar-refractivity contribution in [1.82, 2.24) is 10.2 Å². The van der Waals surface area contributed by atoms with Crippen LogP contribution in [0.15, 0.2) is 48.5 Å². The Kier molecular flexibility index (Phi) is 8.33. The normalized spacial score (nSPS) is 19.5. The summed E-state index contributed by atoms with van der Waals surface area (Å²) in [5.74, 6) is -0.977. The van der Waals surface area contributed by atoms with E-state index in [9.17, 15) is 14.0 Å². The molecule has 2 aromatic rings. The highest BCUT2D eigenvalue weighted by Crippen LogP contribution is 2.31. The van der Waals surface area contributed by atoms with E-state index in [1.165, 1.54) is 17.0 Å². The molecule has 3 rings (SSSR count). The van der Waals surface area contributed by atoms with Gasteiger partial charge >= 0.3 is 0 Å². The third-order valence-electron chi connectivity index (χ3n) is 5.90. The topological polar surface area (TPSA) is 49.4 Å². The van der Waals surface area contributed by atoms with Gasteiger partial charge in [0, 0.05) is 23.2 Å². The predicted octanol–water partition coefficient (Wildman–Crippen LogP) is 5.48. The average Bonchev–Trinajstić information content (AvgIpc) is 2.77. The molecule has 3 atom stereocenters. The number of carbonyl (C=O) groups excluding carboxylic acids is 2. The van der Waals surface area contributed by atoms with Crippen molar-refractivity contribution in [2.45, 2.75) is 51.2 Å². The van der Waals surface area contributed by atoms with E-state index in [0.717, 1.165) is 25.7 Å². The van der Waals surface area contributed by atoms with Crippen LogP contribution in [-0.2, 0) is 16.1 Å². The molecule has 0 heterocycles. The zero-order chi connectivity index (χ0) is 22.4. The van der Waals surface area contributed by atoms with Gasteiger partial charge in [-0.15, -0.1) is 11.6 Å². The first-order valence-electron chi connectivity index (χ1n) is 10.6. The number of hydrogen-bond donors (Lipinski definition) is 1. The molecule has 0 saturated heterocycles. The van der Waals surface area contributed by atoms with Gasteiger partial charge in [-0.3, -0.25) is 9.59 Å². The van der Waals surface area contributed by atoms with Crippen molar-refractivity contribution in [2.24, 2.45) is 5.92 Å². The fourth-order valence-corrected chi connectivity index (χ4v) is 4.52. The van der Waals surface area contributed by atoms with Crippen molar-refractivity contribution in [3.05, 3.63) is 70.5 Å². The Balaban J connectivity index is 1.97. The van der Waals surface area contributed by atoms with Crippen molar-refractivity contribution in [2.75, 3.05) is 5.88 Å². The SMILES string of the molecule is C[C@@H]1CCCC[C@H]1NC(=O)[C@H](c1ccccc1Cl)N(Cc1ccc(F)cc1)C(=O)CCl. The highest BCUT2D eigenvalue weighted by atomic mass is 35.5. The second kappa shape index (κ2) is 11.0. The third kappa shape index (κ3) is 5.98. The number of benzene rings is 2. The van der Waals surface area contributed by atoms with E-state index >= 15 is 0 Å². The summed E-state index contributed by atoms with van der Waals surface area (Å²) in [5.41, 5.74) is 1.22. The second-order valence-electron chi connectivity index (χ2n) is 8.08. The molecule has 4 nitrogen and oxygen atoms in total. The van der Waals surface area contributed by atoms with E-state index in [-0.39, 0.29) is 30.2 Å². The molecular weight excluding hydrogens is 438 g/mol. The number of alkyl halides is 1. The molecule has 1 aliphatic rings. The van der Waals surface area contributed by atoms with E-state index in [0.29, 0.717) is 22.1 Å². The summed E-state index contributed by atoms with van der Waals surface area (Å²) in [7, 11) is 0. The van der Waals surface area contributed by atoms with Crippen LogP contribution in [0.1, 0.15) is 49.8 Å². The van der Waals surface area contributed by atoms with E-state index < -0.39 is 11.9 Å². The van der Waals surface area contributed by atoms with Crippen LogP contribution < -0.4 is 5.32 Å². The maximum atomic E-state index is 13.5. The molecule has 0 aromatic heterocycles. The lowest BCUT2D eigenvalue weighted by Crippen LogP contribution is -2.49. The summed E-state index contributed by atoms with van der Waals surface area (Å²) >= 11 is 12.4. The summed E-state index contributed by atoms with van der Waals surface area (Å²) in [5, 5.41) is 3.55. The quantitative estimate of drug-likeness (QED) is 0.551. The largest absolute Gasteiger partial charge is 0.351 e. The molecule has 7 heteroatoms. The summed E-state index contributed by atoms with van der Waals surface area (Å²) in [6.45, 7) is 2.24. The fourth-order valence-electron chi connectivity index (χ4n) is 4.13. The summed E-state index contributed by atoms with van der Waals surface area (Å²) in [6.07, 6.45) is 4.18. The minimum absolute atomic E-state index is 0.0463. The maximum absolute atomic E-state index is 13.5. The molecule has 1 fully saturated rings. The van der Waals surface area contributed by atoms with Crippen LogP contribution in [0.4, 0.5) is 4.39 Å². The van der Waals surface area contributed by atoms with Crippen molar-refractivity contribution in [3.8, 4) is 0 Å². The highest BCUT2D eigenvalue weighted by Gasteiger charge is 2.34. The van der Waals surface area contributed by atoms with Crippen LogP contribution in [0, 0.1) is 11.7 Å². The highest BCUT2D eigenvalue weighted by molar-refractivity contribution is 6.31. The van der Waals surface area contributed by atoms with Crippen LogP contribution in [0.3, 0.4) is 0 Å². The lowest BCUT2D eigenvalue weighted by molar-refractivity contribution is -0.140. The van der Waals surface area contributed by atoms with Gasteiger partial charge in [0.1, 0.15) is 17.7 Å². The Morgan fingerprint density at radius 1 is 1.13 bits per heavy atom. The van der Waals surface area contributed by atoms with E-state index in [4.69, 9.17) is 23.2 Å². The lowest BCUT2D eigenvalue weighted by atomic mass is 9.85. The van der Waals surface area contributed by atoms with Crippen LogP contribution in [0.25, 0.3) is 0 Å². The van der Waals surface area contributed by atoms with Crippen molar-refractivity contribution in [3.63, 3.8) is 0 Å². The van der Waals surface area contributed by atoms with Gasteiger partial charge in [0.25, 0.3) is 0 Å². The Labute approximate surface area is 192 Å². The standard InChI is InChI=1S/C24H27Cl2FN2O2/c1-16-6-2-5-9-21(16)28-24(31)23(19-7-3-4-8-20(19)26)29(22(30)14-25)15-17-10-12-18(27)13-11-17/h3-4,7-8,10-13,16,21,23H,2,5-6,9,14-15H2,1H3,(H,28,31)/t16-,21-,23+/m1/s1. The Bertz CT molecular complexity index is 907. The first-order chi connectivity index (χ1) is 14.9. The minimum Gasteiger partial charge on any atom is -0.351 e. The molecule has 166 valence electrons. The zero-order valence-corrected chi connectivity index (χ0v) is 19.0. The van der Waals surface area contributed by atoms with Crippen LogP contribution >= 0.6 is 23.2 Å². The smallest absolute Gasteiger partial charge is 0.247 e. The fraction of sp³-hybridized carbons (Fsp3) is 0.417. The monoisotopic (exact) mass is 464 g/mol. The molecule has 0 radical (unpaired) electrons. The molecule has 0 aliphatic heterocycles. The number of nitrogens with zero attached hydrogens (tertiary/aromatic N) is 1. The molecule has 2 amide bonds. The number of hydrogen-bond acceptors (Lipinski definition) is 2. The van der Waals surface area contributed by atoms with Crippen LogP contribution in [-0.4, -0.2) is 28.6 Å². The number of halogens is 3. The predicted molar refractivity (Wildman–Crippen MR) is 121 cm³/mol. The Hall–Kier alpha value is -2.11. The van der Waals surface area contributed by atoms with Crippen molar-refractivity contribution in [1.29, 1.82) is 0 Å². The summed E-state index contributed by atoms with van der Waals surface area (Å²) in [6, 6.07) is 11.9. The molecule has 0 bridgehead atoms. The van der Waals surface area contributed by atoms with E-state index in [1.807, 2.05) is 0 Å². The van der Waals surface area contributed by atoms with Crippen LogP contribution in [0.2, 0.25) is 5.02 Å². The van der Waals surface area contributed by atoms with E-state index in [2.05, 4.69) is 12.2 Å². The van der Waals surface area contributed by atoms with Gasteiger partial charge < -0.3 is 10.2 Å². The van der Waals surface area contributed by atoms with Crippen molar-refractivity contribution >= 4 is 35.0 Å². The molecule has 1 saturated carbocycles. The zero-order valence-electron chi connectivity index (χ0n) is 17.5. The molecule has 2 aromatic carbocycles. The summed E-state index contributed by atoms with van der Waals surface area (Å²) < 4.78 is 13.4. The first kappa shape index (κ1) is 23.6. The van der Waals surface area contributed by atoms with E-state index in [1.54, 1.807) is 36.4 Å². The van der Waals surface area contributed by atoms with Gasteiger partial charge in [-0.2, -0.15) is 0 Å². The molecule has 31 heavy (non-hydrogen) atoms. The number of amides is 2. The van der Waals surface area contributed by atoms with Crippen LogP contribution in [0.5, 0.6) is 0 Å². The minimum atomic E-state index is -0.945. The molecule has 0 spiro atoms. The van der Waals surface area contributed by atoms with Gasteiger partial charge in [-0.25, -0.2) is 4.39 Å². The number of carbonyl (C=O) groups is 2. The average molecular weight is 465 g/mol. The number of rotatable bonds is 7. The Morgan fingerprint density at radius 2 is 1.81 bits per heavy atom. The molecular formula is C24H27Cl2FN2O2. The number of nitrogens with one attached hydrogen (secondary N) is 1. The van der Waals surface area contributed by atoms with Gasteiger partial charge in [0.05, 0.1) is 0 Å². The van der Waals surface area contributed by atoms with Crippen molar-refractivity contribution < 1.29 is 14.0 Å². The second-order valence-corrected chi connectivity index (χ2v) is 8.76. The van der Waals surface area contributed by atoms with Gasteiger partial charge in [0.2, 0.25) is 11.8 Å². The van der Waals surface area contributed by atoms with Gasteiger partial charge in [0.15, 0.2) is 0 Å². The maximum Gasteiger partial charge on any atom is 0.247 e. The summed E-state index contributed by atoms with van der Waals surface area (Å²) in [4.78, 5) is 27.8. The Morgan fingerprint density at radius 3 is 2.45 bits per heavy atom. The molecule has 1 N–H and O–H groups in total. The lowest BCUT2D eigenvalue weighted by Gasteiger charge is -2.35. The van der Waals surface area contributed by atoms with Gasteiger partial charge in [-0.1, -0.05) is 61.7 Å². The molecule has 1 aliphatic carbocycles. The first-order valence-corrected chi connectivity index (χ1v) is 11.5. The van der Waals surface area contributed by atoms with Gasteiger partial charge in [-0.05, 0) is 42.5 Å². The third-order valence-corrected chi connectivity index (χ3v) is 6.47.